The minimum Gasteiger partial charge on any atom is -0.485 e. The summed E-state index contributed by atoms with van der Waals surface area (Å²) in [4.78, 5) is 4.64. The summed E-state index contributed by atoms with van der Waals surface area (Å²) in [5, 5.41) is 8.94. The summed E-state index contributed by atoms with van der Waals surface area (Å²) in [7, 11) is 0. The van der Waals surface area contributed by atoms with Gasteiger partial charge in [0.05, 0.1) is 17.3 Å². The van der Waals surface area contributed by atoms with E-state index in [0.29, 0.717) is 18.1 Å². The zero-order chi connectivity index (χ0) is 15.5. The van der Waals surface area contributed by atoms with Crippen molar-refractivity contribution in [2.45, 2.75) is 26.4 Å². The van der Waals surface area contributed by atoms with Gasteiger partial charge in [-0.1, -0.05) is 26.0 Å². The van der Waals surface area contributed by atoms with Crippen LogP contribution in [0.4, 0.5) is 0 Å². The zero-order valence-corrected chi connectivity index (χ0v) is 12.7. The molecule has 0 bridgehead atoms. The van der Waals surface area contributed by atoms with E-state index in [1.807, 2.05) is 47.1 Å². The first-order valence-corrected chi connectivity index (χ1v) is 7.27. The van der Waals surface area contributed by atoms with Crippen molar-refractivity contribution in [1.29, 1.82) is 5.26 Å². The van der Waals surface area contributed by atoms with Crippen LogP contribution in [0.2, 0.25) is 0 Å². The average molecular weight is 291 g/mol. The molecule has 2 aromatic heterocycles. The van der Waals surface area contributed by atoms with Gasteiger partial charge in [-0.2, -0.15) is 5.26 Å². The predicted molar refractivity (Wildman–Crippen MR) is 84.8 cm³/mol. The minimum absolute atomic E-state index is 0.375. The van der Waals surface area contributed by atoms with Crippen molar-refractivity contribution in [2.75, 3.05) is 0 Å². The molecule has 3 aromatic rings. The van der Waals surface area contributed by atoms with E-state index < -0.39 is 0 Å². The van der Waals surface area contributed by atoms with Crippen LogP contribution in [0.1, 0.15) is 36.6 Å². The van der Waals surface area contributed by atoms with Gasteiger partial charge in [-0.3, -0.25) is 0 Å². The molecule has 0 N–H and O–H groups in total. The van der Waals surface area contributed by atoms with E-state index in [1.54, 1.807) is 6.07 Å². The van der Waals surface area contributed by atoms with E-state index in [2.05, 4.69) is 24.9 Å². The van der Waals surface area contributed by atoms with Gasteiger partial charge in [-0.25, -0.2) is 4.98 Å². The summed E-state index contributed by atoms with van der Waals surface area (Å²) in [5.74, 6) is 1.12. The van der Waals surface area contributed by atoms with Gasteiger partial charge in [0.15, 0.2) is 11.4 Å². The summed E-state index contributed by atoms with van der Waals surface area (Å²) < 4.78 is 7.89. The second-order valence-electron chi connectivity index (χ2n) is 5.52. The van der Waals surface area contributed by atoms with Gasteiger partial charge in [-0.05, 0) is 35.7 Å². The van der Waals surface area contributed by atoms with Gasteiger partial charge in [0.25, 0.3) is 0 Å². The number of nitriles is 1. The molecule has 3 rings (SSSR count). The van der Waals surface area contributed by atoms with Crippen molar-refractivity contribution < 1.29 is 4.74 Å². The van der Waals surface area contributed by atoms with Gasteiger partial charge >= 0.3 is 0 Å². The van der Waals surface area contributed by atoms with Crippen LogP contribution in [0.3, 0.4) is 0 Å². The quantitative estimate of drug-likeness (QED) is 0.732. The molecule has 4 heteroatoms. The van der Waals surface area contributed by atoms with Crippen molar-refractivity contribution in [1.82, 2.24) is 9.38 Å². The second kappa shape index (κ2) is 5.90. The highest BCUT2D eigenvalue weighted by Crippen LogP contribution is 2.23. The highest BCUT2D eigenvalue weighted by Gasteiger charge is 2.09. The van der Waals surface area contributed by atoms with Gasteiger partial charge in [0.2, 0.25) is 0 Å². The Morgan fingerprint density at radius 3 is 2.91 bits per heavy atom. The number of aromatic nitrogens is 2. The number of imidazole rings is 1. The number of hydrogen-bond acceptors (Lipinski definition) is 3. The monoisotopic (exact) mass is 291 g/mol. The molecular formula is C18H17N3O. The van der Waals surface area contributed by atoms with Crippen LogP contribution < -0.4 is 4.74 Å². The minimum atomic E-state index is 0.375. The average Bonchev–Trinajstić information content (AvgIpc) is 2.98. The van der Waals surface area contributed by atoms with Crippen LogP contribution in [0.25, 0.3) is 5.65 Å². The highest BCUT2D eigenvalue weighted by molar-refractivity contribution is 5.54. The summed E-state index contributed by atoms with van der Waals surface area (Å²) in [6.45, 7) is 4.66. The maximum atomic E-state index is 8.94. The molecule has 2 heterocycles. The molecular weight excluding hydrogens is 274 g/mol. The molecule has 0 spiro atoms. The first-order valence-electron chi connectivity index (χ1n) is 7.27. The number of fused-ring (bicyclic) bond motifs is 1. The van der Waals surface area contributed by atoms with E-state index in [1.165, 1.54) is 0 Å². The van der Waals surface area contributed by atoms with Crippen molar-refractivity contribution in [3.8, 4) is 11.8 Å². The molecule has 110 valence electrons. The van der Waals surface area contributed by atoms with Crippen molar-refractivity contribution in [3.05, 3.63) is 65.6 Å². The Balaban J connectivity index is 1.86. The number of pyridine rings is 1. The van der Waals surface area contributed by atoms with E-state index in [0.717, 1.165) is 22.7 Å². The van der Waals surface area contributed by atoms with E-state index in [4.69, 9.17) is 10.00 Å². The van der Waals surface area contributed by atoms with E-state index in [-0.39, 0.29) is 0 Å². The molecule has 4 nitrogen and oxygen atoms in total. The molecule has 0 unspecified atom stereocenters. The zero-order valence-electron chi connectivity index (χ0n) is 12.7. The molecule has 0 saturated heterocycles. The number of benzene rings is 1. The lowest BCUT2D eigenvalue weighted by atomic mass is 10.1. The Hall–Kier alpha value is -2.80. The Morgan fingerprint density at radius 1 is 1.27 bits per heavy atom. The molecule has 22 heavy (non-hydrogen) atoms. The largest absolute Gasteiger partial charge is 0.485 e. The molecule has 0 aliphatic heterocycles. The topological polar surface area (TPSA) is 50.3 Å². The number of hydrogen-bond donors (Lipinski definition) is 0. The van der Waals surface area contributed by atoms with Crippen LogP contribution in [0, 0.1) is 11.3 Å². The third kappa shape index (κ3) is 2.79. The molecule has 0 radical (unpaired) electrons. The van der Waals surface area contributed by atoms with Crippen LogP contribution in [0.5, 0.6) is 5.75 Å². The first-order chi connectivity index (χ1) is 10.7. The lowest BCUT2D eigenvalue weighted by molar-refractivity contribution is 0.308. The Kier molecular flexibility index (Phi) is 3.80. The fourth-order valence-corrected chi connectivity index (χ4v) is 2.29. The fraction of sp³-hybridized carbons (Fsp3) is 0.222. The number of rotatable bonds is 4. The molecule has 0 atom stereocenters. The molecule has 0 fully saturated rings. The van der Waals surface area contributed by atoms with Crippen molar-refractivity contribution in [2.24, 2.45) is 0 Å². The first kappa shape index (κ1) is 14.2. The van der Waals surface area contributed by atoms with Gasteiger partial charge in [0, 0.05) is 12.4 Å². The van der Waals surface area contributed by atoms with Crippen LogP contribution in [-0.4, -0.2) is 9.38 Å². The summed E-state index contributed by atoms with van der Waals surface area (Å²) in [6.07, 6.45) is 4.00. The number of ether oxygens (including phenoxy) is 1. The predicted octanol–water partition coefficient (Wildman–Crippen LogP) is 3.91. The maximum Gasteiger partial charge on any atom is 0.179 e. The highest BCUT2D eigenvalue weighted by atomic mass is 16.5. The Bertz CT molecular complexity index is 843. The van der Waals surface area contributed by atoms with Gasteiger partial charge in [0.1, 0.15) is 6.61 Å². The molecule has 0 saturated carbocycles. The van der Waals surface area contributed by atoms with Gasteiger partial charge in [-0.15, -0.1) is 0 Å². The third-order valence-electron chi connectivity index (χ3n) is 3.51. The van der Waals surface area contributed by atoms with Crippen LogP contribution in [0.15, 0.2) is 48.8 Å². The molecule has 0 aliphatic rings. The van der Waals surface area contributed by atoms with E-state index >= 15 is 0 Å². The van der Waals surface area contributed by atoms with Gasteiger partial charge < -0.3 is 9.14 Å². The van der Waals surface area contributed by atoms with Crippen molar-refractivity contribution in [3.63, 3.8) is 0 Å². The fourth-order valence-electron chi connectivity index (χ4n) is 2.29. The van der Waals surface area contributed by atoms with Crippen LogP contribution >= 0.6 is 0 Å². The second-order valence-corrected chi connectivity index (χ2v) is 5.52. The summed E-state index contributed by atoms with van der Waals surface area (Å²) in [6, 6.07) is 13.4. The summed E-state index contributed by atoms with van der Waals surface area (Å²) in [5.41, 5.74) is 3.48. The maximum absolute atomic E-state index is 8.94. The molecule has 1 aromatic carbocycles. The SMILES string of the molecule is CC(C)c1cn2cccc(OCc3cccc(C#N)c3)c2n1. The van der Waals surface area contributed by atoms with E-state index in [9.17, 15) is 0 Å². The smallest absolute Gasteiger partial charge is 0.179 e. The summed E-state index contributed by atoms with van der Waals surface area (Å²) >= 11 is 0. The lowest BCUT2D eigenvalue weighted by Crippen LogP contribution is -1.98. The molecule has 0 amide bonds. The third-order valence-corrected chi connectivity index (χ3v) is 3.51. The molecule has 0 aliphatic carbocycles. The van der Waals surface area contributed by atoms with Crippen molar-refractivity contribution >= 4 is 5.65 Å². The lowest BCUT2D eigenvalue weighted by Gasteiger charge is -2.07. The Labute approximate surface area is 129 Å². The standard InChI is InChI=1S/C18H17N3O/c1-13(2)16-11-21-8-4-7-17(18(21)20-16)22-12-15-6-3-5-14(9-15)10-19/h3-9,11,13H,12H2,1-2H3. The normalized spacial score (nSPS) is 10.8. The Morgan fingerprint density at radius 2 is 2.14 bits per heavy atom. The number of nitrogens with zero attached hydrogens (tertiary/aromatic N) is 3. The van der Waals surface area contributed by atoms with Crippen LogP contribution in [-0.2, 0) is 6.61 Å².